The molecule has 2 heterocycles. The van der Waals surface area contributed by atoms with Crippen molar-refractivity contribution < 1.29 is 9.21 Å². The van der Waals surface area contributed by atoms with Crippen LogP contribution in [0, 0.1) is 0 Å². The predicted octanol–water partition coefficient (Wildman–Crippen LogP) is 5.78. The first-order valence-electron chi connectivity index (χ1n) is 7.37. The number of thioether (sulfide) groups is 1. The number of anilines is 2. The average Bonchev–Trinajstić information content (AvgIpc) is 3.22. The normalized spacial score (nSPS) is 16.0. The quantitative estimate of drug-likeness (QED) is 0.633. The molecule has 1 atom stereocenters. The third-order valence-corrected chi connectivity index (χ3v) is 5.18. The smallest absolute Gasteiger partial charge is 0.327 e. The highest BCUT2D eigenvalue weighted by Crippen LogP contribution is 2.51. The van der Waals surface area contributed by atoms with E-state index in [9.17, 15) is 4.79 Å². The van der Waals surface area contributed by atoms with Gasteiger partial charge in [0.1, 0.15) is 11.1 Å². The molecule has 24 heavy (non-hydrogen) atoms. The van der Waals surface area contributed by atoms with Crippen molar-refractivity contribution in [3.8, 4) is 0 Å². The molecular weight excluding hydrogens is 344 g/mol. The average molecular weight is 357 g/mol. The van der Waals surface area contributed by atoms with Crippen LogP contribution in [0.1, 0.15) is 11.1 Å². The number of fused-ring (bicyclic) bond motifs is 1. The molecule has 1 aromatic heterocycles. The molecule has 0 fully saturated rings. The number of benzene rings is 2. The first-order chi connectivity index (χ1) is 11.7. The molecule has 0 spiro atoms. The Hall–Kier alpha value is -2.37. The number of nitrogens with one attached hydrogen (secondary N) is 1. The van der Waals surface area contributed by atoms with Gasteiger partial charge in [0.25, 0.3) is 0 Å². The highest BCUT2D eigenvalue weighted by molar-refractivity contribution is 8.00. The second-order valence-corrected chi connectivity index (χ2v) is 6.82. The zero-order valence-electron chi connectivity index (χ0n) is 12.5. The third kappa shape index (κ3) is 2.77. The maximum Gasteiger partial charge on any atom is 0.327 e. The van der Waals surface area contributed by atoms with Gasteiger partial charge in [-0.05, 0) is 42.5 Å². The first kappa shape index (κ1) is 15.2. The molecule has 0 aliphatic carbocycles. The molecule has 120 valence electrons. The van der Waals surface area contributed by atoms with Crippen LogP contribution in [-0.4, -0.2) is 6.03 Å². The fourth-order valence-electron chi connectivity index (χ4n) is 2.64. The molecule has 0 radical (unpaired) electrons. The van der Waals surface area contributed by atoms with E-state index in [4.69, 9.17) is 16.0 Å². The number of para-hydroxylation sites is 1. The van der Waals surface area contributed by atoms with Gasteiger partial charge in [-0.1, -0.05) is 41.6 Å². The van der Waals surface area contributed by atoms with Crippen LogP contribution in [0.5, 0.6) is 0 Å². The van der Waals surface area contributed by atoms with Gasteiger partial charge in [0.2, 0.25) is 0 Å². The fourth-order valence-corrected chi connectivity index (χ4v) is 4.08. The van der Waals surface area contributed by atoms with E-state index in [-0.39, 0.29) is 11.4 Å². The van der Waals surface area contributed by atoms with Crippen molar-refractivity contribution in [1.82, 2.24) is 0 Å². The summed E-state index contributed by atoms with van der Waals surface area (Å²) < 4.78 is 5.53. The van der Waals surface area contributed by atoms with Crippen molar-refractivity contribution in [2.75, 3.05) is 10.2 Å². The molecule has 1 aliphatic rings. The number of rotatable bonds is 2. The third-order valence-electron chi connectivity index (χ3n) is 3.68. The lowest BCUT2D eigenvalue weighted by Gasteiger charge is -2.23. The van der Waals surface area contributed by atoms with Crippen LogP contribution >= 0.6 is 23.4 Å². The van der Waals surface area contributed by atoms with Crippen molar-refractivity contribution in [3.63, 3.8) is 0 Å². The van der Waals surface area contributed by atoms with E-state index >= 15 is 0 Å². The highest BCUT2D eigenvalue weighted by atomic mass is 35.5. The number of carbonyl (C=O) groups excluding carboxylic acids is 1. The van der Waals surface area contributed by atoms with E-state index in [0.29, 0.717) is 10.7 Å². The number of carbonyl (C=O) groups is 1. The van der Waals surface area contributed by atoms with Gasteiger partial charge in [0.05, 0.1) is 12.0 Å². The summed E-state index contributed by atoms with van der Waals surface area (Å²) in [4.78, 5) is 15.7. The number of hydrogen-bond acceptors (Lipinski definition) is 3. The molecule has 4 rings (SSSR count). The van der Waals surface area contributed by atoms with Gasteiger partial charge in [-0.2, -0.15) is 0 Å². The minimum atomic E-state index is -0.239. The van der Waals surface area contributed by atoms with E-state index in [1.807, 2.05) is 36.4 Å². The number of amides is 2. The van der Waals surface area contributed by atoms with Gasteiger partial charge < -0.3 is 9.73 Å². The van der Waals surface area contributed by atoms with E-state index in [0.717, 1.165) is 16.3 Å². The lowest BCUT2D eigenvalue weighted by Crippen LogP contribution is -2.34. The Balaban J connectivity index is 1.68. The molecule has 2 amide bonds. The number of nitrogens with zero attached hydrogens (tertiary/aromatic N) is 1. The van der Waals surface area contributed by atoms with E-state index in [2.05, 4.69) is 5.32 Å². The highest BCUT2D eigenvalue weighted by Gasteiger charge is 2.37. The van der Waals surface area contributed by atoms with Gasteiger partial charge in [0.15, 0.2) is 0 Å². The SMILES string of the molecule is O=C(Nc1cccc(Cl)c1)N1c2ccccc2SC1c1ccco1. The summed E-state index contributed by atoms with van der Waals surface area (Å²) in [6, 6.07) is 18.4. The van der Waals surface area contributed by atoms with Crippen molar-refractivity contribution in [3.05, 3.63) is 77.7 Å². The van der Waals surface area contributed by atoms with Crippen LogP contribution < -0.4 is 10.2 Å². The molecule has 1 unspecified atom stereocenters. The summed E-state index contributed by atoms with van der Waals surface area (Å²) in [5.74, 6) is 0.734. The number of furan rings is 1. The Morgan fingerprint density at radius 1 is 1.12 bits per heavy atom. The Bertz CT molecular complexity index is 882. The van der Waals surface area contributed by atoms with Crippen molar-refractivity contribution in [2.24, 2.45) is 0 Å². The van der Waals surface area contributed by atoms with Crippen LogP contribution in [0.25, 0.3) is 0 Å². The first-order valence-corrected chi connectivity index (χ1v) is 8.63. The standard InChI is InChI=1S/C18H13ClN2O2S/c19-12-5-3-6-13(11-12)20-18(22)21-14-7-1-2-9-16(14)24-17(21)15-8-4-10-23-15/h1-11,17H,(H,20,22). The van der Waals surface area contributed by atoms with Gasteiger partial charge in [-0.25, -0.2) is 4.79 Å². The van der Waals surface area contributed by atoms with Gasteiger partial charge in [0, 0.05) is 15.6 Å². The lowest BCUT2D eigenvalue weighted by molar-refractivity contribution is 0.256. The van der Waals surface area contributed by atoms with Gasteiger partial charge in [-0.3, -0.25) is 4.90 Å². The topological polar surface area (TPSA) is 45.5 Å². The van der Waals surface area contributed by atoms with Crippen molar-refractivity contribution in [2.45, 2.75) is 10.3 Å². The van der Waals surface area contributed by atoms with Crippen molar-refractivity contribution >= 4 is 40.8 Å². The van der Waals surface area contributed by atoms with E-state index in [1.165, 1.54) is 0 Å². The van der Waals surface area contributed by atoms with Gasteiger partial charge in [-0.15, -0.1) is 0 Å². The Morgan fingerprint density at radius 2 is 2.00 bits per heavy atom. The van der Waals surface area contributed by atoms with Crippen LogP contribution in [0.4, 0.5) is 16.2 Å². The minimum absolute atomic E-state index is 0.226. The second-order valence-electron chi connectivity index (χ2n) is 5.26. The molecule has 0 saturated carbocycles. The second kappa shape index (κ2) is 6.26. The van der Waals surface area contributed by atoms with Crippen LogP contribution in [-0.2, 0) is 0 Å². The minimum Gasteiger partial charge on any atom is -0.466 e. The fraction of sp³-hybridized carbons (Fsp3) is 0.0556. The predicted molar refractivity (Wildman–Crippen MR) is 96.7 cm³/mol. The van der Waals surface area contributed by atoms with Crippen LogP contribution in [0.15, 0.2) is 76.2 Å². The summed E-state index contributed by atoms with van der Waals surface area (Å²) in [5.41, 5.74) is 1.52. The summed E-state index contributed by atoms with van der Waals surface area (Å²) in [6.07, 6.45) is 1.62. The molecule has 0 bridgehead atoms. The lowest BCUT2D eigenvalue weighted by atomic mass is 10.2. The number of urea groups is 1. The summed E-state index contributed by atoms with van der Waals surface area (Å²) >= 11 is 7.58. The van der Waals surface area contributed by atoms with Gasteiger partial charge >= 0.3 is 6.03 Å². The Labute approximate surface area is 148 Å². The zero-order chi connectivity index (χ0) is 16.5. The molecule has 2 aromatic carbocycles. The molecule has 6 heteroatoms. The number of halogens is 1. The molecule has 0 saturated heterocycles. The molecule has 1 N–H and O–H groups in total. The molecular formula is C18H13ClN2O2S. The Morgan fingerprint density at radius 3 is 2.79 bits per heavy atom. The van der Waals surface area contributed by atoms with E-state index < -0.39 is 0 Å². The monoisotopic (exact) mass is 356 g/mol. The largest absolute Gasteiger partial charge is 0.466 e. The molecule has 4 nitrogen and oxygen atoms in total. The van der Waals surface area contributed by atoms with Crippen molar-refractivity contribution in [1.29, 1.82) is 0 Å². The maximum atomic E-state index is 12.9. The molecule has 1 aliphatic heterocycles. The molecule has 3 aromatic rings. The zero-order valence-corrected chi connectivity index (χ0v) is 14.1. The number of hydrogen-bond donors (Lipinski definition) is 1. The van der Waals surface area contributed by atoms with E-state index in [1.54, 1.807) is 47.2 Å². The summed E-state index contributed by atoms with van der Waals surface area (Å²) in [6.45, 7) is 0. The maximum absolute atomic E-state index is 12.9. The summed E-state index contributed by atoms with van der Waals surface area (Å²) in [7, 11) is 0. The summed E-state index contributed by atoms with van der Waals surface area (Å²) in [5, 5.41) is 3.24. The van der Waals surface area contributed by atoms with Crippen LogP contribution in [0.2, 0.25) is 5.02 Å². The van der Waals surface area contributed by atoms with Crippen LogP contribution in [0.3, 0.4) is 0 Å². The Kier molecular flexibility index (Phi) is 3.96.